The third-order valence-corrected chi connectivity index (χ3v) is 4.34. The van der Waals surface area contributed by atoms with Crippen LogP contribution in [0.4, 0.5) is 0 Å². The van der Waals surface area contributed by atoms with Crippen LogP contribution < -0.4 is 10.1 Å². The summed E-state index contributed by atoms with van der Waals surface area (Å²) in [6, 6.07) is 6.52. The lowest BCUT2D eigenvalue weighted by atomic mass is 10.0. The van der Waals surface area contributed by atoms with Crippen molar-refractivity contribution in [3.05, 3.63) is 44.8 Å². The van der Waals surface area contributed by atoms with Gasteiger partial charge in [0.15, 0.2) is 0 Å². The summed E-state index contributed by atoms with van der Waals surface area (Å²) in [4.78, 5) is 5.43. The summed E-state index contributed by atoms with van der Waals surface area (Å²) >= 11 is 5.24. The second-order valence-corrected chi connectivity index (χ2v) is 6.00. The molecule has 1 atom stereocenters. The summed E-state index contributed by atoms with van der Waals surface area (Å²) < 4.78 is 6.26. The number of likely N-dealkylation sites (N-methyl/N-ethyl adjacent to an activating group) is 1. The van der Waals surface area contributed by atoms with Gasteiger partial charge in [0, 0.05) is 23.5 Å². The standard InChI is InChI=1S/C14H17BrN2OS/c1-3-17-13(7-11-8-16-9-19-11)10-4-5-14(18-2)12(15)6-10/h4-6,8-9,13,17H,3,7H2,1-2H3. The largest absolute Gasteiger partial charge is 0.496 e. The van der Waals surface area contributed by atoms with Gasteiger partial charge in [0.1, 0.15) is 5.75 Å². The highest BCUT2D eigenvalue weighted by atomic mass is 79.9. The molecule has 19 heavy (non-hydrogen) atoms. The molecule has 1 N–H and O–H groups in total. The van der Waals surface area contributed by atoms with Crippen LogP contribution in [0.1, 0.15) is 23.4 Å². The summed E-state index contributed by atoms with van der Waals surface area (Å²) in [5.41, 5.74) is 3.13. The Bertz CT molecular complexity index is 516. The summed E-state index contributed by atoms with van der Waals surface area (Å²) in [5.74, 6) is 0.858. The lowest BCUT2D eigenvalue weighted by Crippen LogP contribution is -2.22. The molecule has 1 aromatic heterocycles. The van der Waals surface area contributed by atoms with Crippen molar-refractivity contribution in [2.24, 2.45) is 0 Å². The molecule has 1 aromatic carbocycles. The van der Waals surface area contributed by atoms with E-state index in [0.29, 0.717) is 6.04 Å². The third kappa shape index (κ3) is 3.78. The molecule has 0 saturated carbocycles. The second-order valence-electron chi connectivity index (χ2n) is 4.18. The average Bonchev–Trinajstić information content (AvgIpc) is 2.91. The number of thiazole rings is 1. The Hall–Kier alpha value is -0.910. The van der Waals surface area contributed by atoms with Crippen LogP contribution in [0.25, 0.3) is 0 Å². The zero-order chi connectivity index (χ0) is 13.7. The lowest BCUT2D eigenvalue weighted by molar-refractivity contribution is 0.411. The van der Waals surface area contributed by atoms with E-state index in [2.05, 4.69) is 45.3 Å². The first-order chi connectivity index (χ1) is 9.24. The Labute approximate surface area is 126 Å². The number of hydrogen-bond acceptors (Lipinski definition) is 4. The van der Waals surface area contributed by atoms with Gasteiger partial charge in [-0.3, -0.25) is 4.98 Å². The SMILES string of the molecule is CCNC(Cc1cncs1)c1ccc(OC)c(Br)c1. The minimum Gasteiger partial charge on any atom is -0.496 e. The van der Waals surface area contributed by atoms with Gasteiger partial charge in [0.2, 0.25) is 0 Å². The van der Waals surface area contributed by atoms with Crippen LogP contribution in [0.3, 0.4) is 0 Å². The molecule has 3 nitrogen and oxygen atoms in total. The first-order valence-corrected chi connectivity index (χ1v) is 7.86. The Kier molecular flexibility index (Phi) is 5.36. The van der Waals surface area contributed by atoms with Crippen LogP contribution >= 0.6 is 27.3 Å². The highest BCUT2D eigenvalue weighted by molar-refractivity contribution is 9.10. The first kappa shape index (κ1) is 14.5. The molecule has 0 bridgehead atoms. The predicted octanol–water partition coefficient (Wildman–Crippen LogP) is 3.81. The van der Waals surface area contributed by atoms with Gasteiger partial charge in [-0.25, -0.2) is 0 Å². The minimum absolute atomic E-state index is 0.299. The van der Waals surface area contributed by atoms with Gasteiger partial charge in [0.05, 0.1) is 17.1 Å². The van der Waals surface area contributed by atoms with Crippen molar-refractivity contribution < 1.29 is 4.74 Å². The zero-order valence-corrected chi connectivity index (χ0v) is 13.4. The van der Waals surface area contributed by atoms with Gasteiger partial charge in [-0.2, -0.15) is 0 Å². The number of rotatable bonds is 6. The molecule has 0 aliphatic rings. The fourth-order valence-electron chi connectivity index (χ4n) is 2.00. The van der Waals surface area contributed by atoms with Gasteiger partial charge < -0.3 is 10.1 Å². The normalized spacial score (nSPS) is 12.4. The highest BCUT2D eigenvalue weighted by Crippen LogP contribution is 2.29. The monoisotopic (exact) mass is 340 g/mol. The van der Waals surface area contributed by atoms with E-state index in [9.17, 15) is 0 Å². The van der Waals surface area contributed by atoms with Gasteiger partial charge in [0.25, 0.3) is 0 Å². The molecule has 1 unspecified atom stereocenters. The van der Waals surface area contributed by atoms with Crippen molar-refractivity contribution in [2.45, 2.75) is 19.4 Å². The Morgan fingerprint density at radius 1 is 1.47 bits per heavy atom. The molecule has 5 heteroatoms. The summed E-state index contributed by atoms with van der Waals surface area (Å²) in [6.07, 6.45) is 2.89. The van der Waals surface area contributed by atoms with Gasteiger partial charge in [-0.15, -0.1) is 11.3 Å². The third-order valence-electron chi connectivity index (χ3n) is 2.92. The van der Waals surface area contributed by atoms with Crippen molar-refractivity contribution in [1.29, 1.82) is 0 Å². The fourth-order valence-corrected chi connectivity index (χ4v) is 3.20. The summed E-state index contributed by atoms with van der Waals surface area (Å²) in [5, 5.41) is 3.52. The Morgan fingerprint density at radius 2 is 2.32 bits per heavy atom. The summed E-state index contributed by atoms with van der Waals surface area (Å²) in [7, 11) is 1.68. The molecular weight excluding hydrogens is 324 g/mol. The van der Waals surface area contributed by atoms with Crippen LogP contribution in [-0.2, 0) is 6.42 Å². The minimum atomic E-state index is 0.299. The Morgan fingerprint density at radius 3 is 2.89 bits per heavy atom. The van der Waals surface area contributed by atoms with E-state index >= 15 is 0 Å². The number of aromatic nitrogens is 1. The molecule has 2 aromatic rings. The number of benzene rings is 1. The highest BCUT2D eigenvalue weighted by Gasteiger charge is 2.13. The van der Waals surface area contributed by atoms with E-state index < -0.39 is 0 Å². The van der Waals surface area contributed by atoms with Crippen molar-refractivity contribution >= 4 is 27.3 Å². The molecule has 0 saturated heterocycles. The molecule has 0 spiro atoms. The summed E-state index contributed by atoms with van der Waals surface area (Å²) in [6.45, 7) is 3.06. The van der Waals surface area contributed by atoms with Gasteiger partial charge in [-0.05, 0) is 40.2 Å². The lowest BCUT2D eigenvalue weighted by Gasteiger charge is -2.18. The van der Waals surface area contributed by atoms with Crippen molar-refractivity contribution in [3.63, 3.8) is 0 Å². The molecule has 2 rings (SSSR count). The number of methoxy groups -OCH3 is 1. The van der Waals surface area contributed by atoms with E-state index in [0.717, 1.165) is 23.2 Å². The number of halogens is 1. The van der Waals surface area contributed by atoms with E-state index in [-0.39, 0.29) is 0 Å². The molecule has 0 fully saturated rings. The number of hydrogen-bond donors (Lipinski definition) is 1. The predicted molar refractivity (Wildman–Crippen MR) is 82.9 cm³/mol. The quantitative estimate of drug-likeness (QED) is 0.868. The molecule has 0 amide bonds. The van der Waals surface area contributed by atoms with Gasteiger partial charge in [-0.1, -0.05) is 13.0 Å². The van der Waals surface area contributed by atoms with Crippen LogP contribution in [0.2, 0.25) is 0 Å². The second kappa shape index (κ2) is 7.03. The zero-order valence-electron chi connectivity index (χ0n) is 11.0. The first-order valence-electron chi connectivity index (χ1n) is 6.18. The number of nitrogens with one attached hydrogen (secondary N) is 1. The average molecular weight is 341 g/mol. The van der Waals surface area contributed by atoms with Crippen molar-refractivity contribution in [1.82, 2.24) is 10.3 Å². The van der Waals surface area contributed by atoms with E-state index in [4.69, 9.17) is 4.74 Å². The Balaban J connectivity index is 2.20. The molecule has 102 valence electrons. The topological polar surface area (TPSA) is 34.2 Å². The number of nitrogens with zero attached hydrogens (tertiary/aromatic N) is 1. The molecular formula is C14H17BrN2OS. The molecule has 0 radical (unpaired) electrons. The molecule has 1 heterocycles. The fraction of sp³-hybridized carbons (Fsp3) is 0.357. The molecule has 0 aliphatic carbocycles. The van der Waals surface area contributed by atoms with E-state index in [1.54, 1.807) is 18.4 Å². The van der Waals surface area contributed by atoms with Crippen LogP contribution in [0, 0.1) is 0 Å². The number of ether oxygens (including phenoxy) is 1. The maximum absolute atomic E-state index is 5.27. The molecule has 0 aliphatic heterocycles. The van der Waals surface area contributed by atoms with Crippen LogP contribution in [-0.4, -0.2) is 18.6 Å². The maximum atomic E-state index is 5.27. The van der Waals surface area contributed by atoms with Crippen LogP contribution in [0.5, 0.6) is 5.75 Å². The van der Waals surface area contributed by atoms with E-state index in [1.807, 2.05) is 17.8 Å². The van der Waals surface area contributed by atoms with Crippen molar-refractivity contribution in [2.75, 3.05) is 13.7 Å². The smallest absolute Gasteiger partial charge is 0.133 e. The van der Waals surface area contributed by atoms with Crippen LogP contribution in [0.15, 0.2) is 34.4 Å². The van der Waals surface area contributed by atoms with E-state index in [1.165, 1.54) is 10.4 Å². The maximum Gasteiger partial charge on any atom is 0.133 e. The van der Waals surface area contributed by atoms with Gasteiger partial charge >= 0.3 is 0 Å². The van der Waals surface area contributed by atoms with Crippen molar-refractivity contribution in [3.8, 4) is 5.75 Å².